The first-order valence-electron chi connectivity index (χ1n) is 5.15. The maximum atomic E-state index is 3.50. The first kappa shape index (κ1) is 9.53. The molecule has 0 spiro atoms. The molecule has 1 aromatic carbocycles. The molecule has 0 saturated carbocycles. The molecule has 0 fully saturated rings. The molecule has 1 unspecified atom stereocenters. The Morgan fingerprint density at radius 1 is 1.21 bits per heavy atom. The van der Waals surface area contributed by atoms with Gasteiger partial charge in [-0.2, -0.15) is 0 Å². The molecule has 0 aromatic heterocycles. The van der Waals surface area contributed by atoms with Crippen LogP contribution in [0.5, 0.6) is 0 Å². The summed E-state index contributed by atoms with van der Waals surface area (Å²) in [5.74, 6) is 0. The van der Waals surface area contributed by atoms with Crippen LogP contribution in [-0.4, -0.2) is 6.67 Å². The van der Waals surface area contributed by atoms with Gasteiger partial charge in [-0.3, -0.25) is 5.32 Å². The molecule has 14 heavy (non-hydrogen) atoms. The normalized spacial score (nSPS) is 21.2. The summed E-state index contributed by atoms with van der Waals surface area (Å²) in [6.07, 6.45) is 0. The van der Waals surface area contributed by atoms with E-state index in [0.717, 1.165) is 6.67 Å². The second-order valence-electron chi connectivity index (χ2n) is 4.94. The monoisotopic (exact) mass is 190 g/mol. The number of anilines is 1. The smallest absolute Gasteiger partial charge is 0.0658 e. The van der Waals surface area contributed by atoms with Crippen molar-refractivity contribution in [2.24, 2.45) is 5.41 Å². The fourth-order valence-electron chi connectivity index (χ4n) is 2.04. The number of rotatable bonds is 0. The SMILES string of the molecule is CC(C)(C)C1NCNc2ccccc21. The van der Waals surface area contributed by atoms with E-state index >= 15 is 0 Å². The molecule has 0 aliphatic carbocycles. The number of hydrogen-bond donors (Lipinski definition) is 2. The molecule has 1 aliphatic rings. The fourth-order valence-corrected chi connectivity index (χ4v) is 2.04. The predicted molar refractivity (Wildman–Crippen MR) is 60.3 cm³/mol. The average molecular weight is 190 g/mol. The van der Waals surface area contributed by atoms with Crippen LogP contribution in [0.2, 0.25) is 0 Å². The van der Waals surface area contributed by atoms with Crippen LogP contribution in [0.3, 0.4) is 0 Å². The van der Waals surface area contributed by atoms with E-state index in [9.17, 15) is 0 Å². The zero-order valence-electron chi connectivity index (χ0n) is 9.09. The molecule has 1 aliphatic heterocycles. The molecule has 1 aromatic rings. The minimum absolute atomic E-state index is 0.262. The highest BCUT2D eigenvalue weighted by atomic mass is 15.1. The molecule has 2 nitrogen and oxygen atoms in total. The van der Waals surface area contributed by atoms with Gasteiger partial charge in [0.25, 0.3) is 0 Å². The van der Waals surface area contributed by atoms with Crippen molar-refractivity contribution in [3.8, 4) is 0 Å². The predicted octanol–water partition coefficient (Wildman–Crippen LogP) is 2.75. The van der Waals surface area contributed by atoms with Gasteiger partial charge in [0, 0.05) is 11.7 Å². The maximum Gasteiger partial charge on any atom is 0.0658 e. The maximum absolute atomic E-state index is 3.50. The zero-order valence-corrected chi connectivity index (χ0v) is 9.09. The third kappa shape index (κ3) is 1.62. The van der Waals surface area contributed by atoms with Crippen molar-refractivity contribution in [1.29, 1.82) is 0 Å². The lowest BCUT2D eigenvalue weighted by Gasteiger charge is -2.37. The van der Waals surface area contributed by atoms with Gasteiger partial charge in [0.15, 0.2) is 0 Å². The van der Waals surface area contributed by atoms with Gasteiger partial charge in [0.1, 0.15) is 0 Å². The molecule has 2 rings (SSSR count). The molecule has 0 saturated heterocycles. The highest BCUT2D eigenvalue weighted by Crippen LogP contribution is 2.37. The van der Waals surface area contributed by atoms with Gasteiger partial charge >= 0.3 is 0 Å². The fraction of sp³-hybridized carbons (Fsp3) is 0.500. The summed E-state index contributed by atoms with van der Waals surface area (Å²) in [7, 11) is 0. The Balaban J connectivity index is 2.41. The molecule has 0 bridgehead atoms. The highest BCUT2D eigenvalue weighted by Gasteiger charge is 2.29. The summed E-state index contributed by atoms with van der Waals surface area (Å²) in [6.45, 7) is 7.67. The molecule has 0 radical (unpaired) electrons. The molecule has 76 valence electrons. The number of fused-ring (bicyclic) bond motifs is 1. The van der Waals surface area contributed by atoms with E-state index in [-0.39, 0.29) is 5.41 Å². The van der Waals surface area contributed by atoms with Crippen LogP contribution in [0.15, 0.2) is 24.3 Å². The molecule has 1 heterocycles. The summed E-state index contributed by atoms with van der Waals surface area (Å²) < 4.78 is 0. The summed E-state index contributed by atoms with van der Waals surface area (Å²) in [5, 5.41) is 6.86. The second kappa shape index (κ2) is 3.28. The van der Waals surface area contributed by atoms with E-state index in [2.05, 4.69) is 55.7 Å². The van der Waals surface area contributed by atoms with E-state index < -0.39 is 0 Å². The van der Waals surface area contributed by atoms with Crippen molar-refractivity contribution < 1.29 is 0 Å². The van der Waals surface area contributed by atoms with E-state index in [4.69, 9.17) is 0 Å². The molecular formula is C12H18N2. The summed E-state index contributed by atoms with van der Waals surface area (Å²) in [4.78, 5) is 0. The molecule has 1 atom stereocenters. The third-order valence-electron chi connectivity index (χ3n) is 2.72. The Labute approximate surface area is 85.7 Å². The molecule has 0 amide bonds. The van der Waals surface area contributed by atoms with Crippen molar-refractivity contribution in [3.05, 3.63) is 29.8 Å². The quantitative estimate of drug-likeness (QED) is 0.657. The van der Waals surface area contributed by atoms with Crippen molar-refractivity contribution in [2.75, 3.05) is 12.0 Å². The van der Waals surface area contributed by atoms with Crippen molar-refractivity contribution in [2.45, 2.75) is 26.8 Å². The van der Waals surface area contributed by atoms with E-state index in [1.165, 1.54) is 11.3 Å². The van der Waals surface area contributed by atoms with Gasteiger partial charge in [-0.05, 0) is 17.0 Å². The van der Waals surface area contributed by atoms with Gasteiger partial charge in [-0.25, -0.2) is 0 Å². The first-order chi connectivity index (χ1) is 6.59. The lowest BCUT2D eigenvalue weighted by Crippen LogP contribution is -2.39. The number of nitrogens with one attached hydrogen (secondary N) is 2. The van der Waals surface area contributed by atoms with Crippen molar-refractivity contribution in [3.63, 3.8) is 0 Å². The van der Waals surface area contributed by atoms with E-state index in [0.29, 0.717) is 6.04 Å². The Morgan fingerprint density at radius 2 is 1.93 bits per heavy atom. The lowest BCUT2D eigenvalue weighted by molar-refractivity contribution is 0.273. The zero-order chi connectivity index (χ0) is 10.2. The Bertz CT molecular complexity index is 325. The van der Waals surface area contributed by atoms with Crippen LogP contribution >= 0.6 is 0 Å². The van der Waals surface area contributed by atoms with Crippen LogP contribution in [0.1, 0.15) is 32.4 Å². The standard InChI is InChI=1S/C12H18N2/c1-12(2,3)11-9-6-4-5-7-10(9)13-8-14-11/h4-7,11,13-14H,8H2,1-3H3. The topological polar surface area (TPSA) is 24.1 Å². The van der Waals surface area contributed by atoms with Gasteiger partial charge in [-0.1, -0.05) is 39.0 Å². The van der Waals surface area contributed by atoms with Crippen molar-refractivity contribution in [1.82, 2.24) is 5.32 Å². The minimum atomic E-state index is 0.262. The Kier molecular flexibility index (Phi) is 2.23. The molecule has 2 heteroatoms. The number of para-hydroxylation sites is 1. The largest absolute Gasteiger partial charge is 0.372 e. The average Bonchev–Trinajstić information content (AvgIpc) is 2.15. The highest BCUT2D eigenvalue weighted by molar-refractivity contribution is 5.54. The number of benzene rings is 1. The van der Waals surface area contributed by atoms with Crippen LogP contribution in [0, 0.1) is 5.41 Å². The van der Waals surface area contributed by atoms with E-state index in [1.807, 2.05) is 0 Å². The van der Waals surface area contributed by atoms with Gasteiger partial charge in [0.2, 0.25) is 0 Å². The summed E-state index contributed by atoms with van der Waals surface area (Å²) in [5.41, 5.74) is 2.91. The first-order valence-corrected chi connectivity index (χ1v) is 5.15. The minimum Gasteiger partial charge on any atom is -0.372 e. The van der Waals surface area contributed by atoms with Gasteiger partial charge in [-0.15, -0.1) is 0 Å². The van der Waals surface area contributed by atoms with Crippen LogP contribution in [0.25, 0.3) is 0 Å². The van der Waals surface area contributed by atoms with Crippen LogP contribution in [-0.2, 0) is 0 Å². The van der Waals surface area contributed by atoms with E-state index in [1.54, 1.807) is 0 Å². The van der Waals surface area contributed by atoms with Crippen LogP contribution in [0.4, 0.5) is 5.69 Å². The molecule has 2 N–H and O–H groups in total. The van der Waals surface area contributed by atoms with Gasteiger partial charge in [0.05, 0.1) is 6.67 Å². The van der Waals surface area contributed by atoms with Gasteiger partial charge < -0.3 is 5.32 Å². The molecular weight excluding hydrogens is 172 g/mol. The summed E-state index contributed by atoms with van der Waals surface area (Å²) in [6, 6.07) is 8.97. The third-order valence-corrected chi connectivity index (χ3v) is 2.72. The lowest BCUT2D eigenvalue weighted by atomic mass is 9.81. The van der Waals surface area contributed by atoms with Crippen molar-refractivity contribution >= 4 is 5.69 Å². The second-order valence-corrected chi connectivity index (χ2v) is 4.94. The van der Waals surface area contributed by atoms with Crippen LogP contribution < -0.4 is 10.6 Å². The number of hydrogen-bond acceptors (Lipinski definition) is 2. The Hall–Kier alpha value is -1.02. The Morgan fingerprint density at radius 3 is 2.64 bits per heavy atom. The summed E-state index contributed by atoms with van der Waals surface area (Å²) >= 11 is 0.